The van der Waals surface area contributed by atoms with Gasteiger partial charge in [-0.15, -0.1) is 0 Å². The number of nitrogens with one attached hydrogen (secondary N) is 1. The van der Waals surface area contributed by atoms with Crippen LogP contribution in [0.4, 0.5) is 4.79 Å². The van der Waals surface area contributed by atoms with Crippen molar-refractivity contribution in [2.75, 3.05) is 13.2 Å². The van der Waals surface area contributed by atoms with Crippen molar-refractivity contribution in [3.8, 4) is 0 Å². The highest BCUT2D eigenvalue weighted by Crippen LogP contribution is 2.02. The summed E-state index contributed by atoms with van der Waals surface area (Å²) in [6.45, 7) is 3.75. The Kier molecular flexibility index (Phi) is 4.65. The maximum Gasteiger partial charge on any atom is 0.408 e. The van der Waals surface area contributed by atoms with Gasteiger partial charge in [0.2, 0.25) is 0 Å². The van der Waals surface area contributed by atoms with E-state index in [0.717, 1.165) is 0 Å². The standard InChI is InChI=1S/C8H13NO5/c1-3-4-14-7(13)9-8(2,5-10)6(11)12/h3,10H,1,4-5H2,2H3,(H,9,13)(H,11,12). The number of rotatable bonds is 5. The van der Waals surface area contributed by atoms with E-state index in [2.05, 4.69) is 11.3 Å². The van der Waals surface area contributed by atoms with Crippen LogP contribution in [0.5, 0.6) is 0 Å². The number of aliphatic hydroxyl groups excluding tert-OH is 1. The van der Waals surface area contributed by atoms with Crippen molar-refractivity contribution in [2.24, 2.45) is 0 Å². The van der Waals surface area contributed by atoms with Crippen LogP contribution in [0.3, 0.4) is 0 Å². The first-order valence-corrected chi connectivity index (χ1v) is 3.86. The quantitative estimate of drug-likeness (QED) is 0.535. The minimum atomic E-state index is -1.72. The molecule has 1 atom stereocenters. The van der Waals surface area contributed by atoms with Crippen molar-refractivity contribution in [1.29, 1.82) is 0 Å². The van der Waals surface area contributed by atoms with Gasteiger partial charge in [-0.1, -0.05) is 12.7 Å². The van der Waals surface area contributed by atoms with Gasteiger partial charge in [0.25, 0.3) is 0 Å². The van der Waals surface area contributed by atoms with Crippen LogP contribution in [0, 0.1) is 0 Å². The van der Waals surface area contributed by atoms with Crippen LogP contribution < -0.4 is 5.32 Å². The zero-order valence-corrected chi connectivity index (χ0v) is 7.82. The molecule has 0 fully saturated rings. The van der Waals surface area contributed by atoms with Crippen LogP contribution in [-0.2, 0) is 9.53 Å². The summed E-state index contributed by atoms with van der Waals surface area (Å²) < 4.78 is 4.50. The van der Waals surface area contributed by atoms with Crippen LogP contribution in [0.2, 0.25) is 0 Å². The molecule has 0 aliphatic carbocycles. The fourth-order valence-corrected chi connectivity index (χ4v) is 0.557. The second-order valence-electron chi connectivity index (χ2n) is 2.81. The summed E-state index contributed by atoms with van der Waals surface area (Å²) in [5.41, 5.74) is -1.72. The first-order valence-electron chi connectivity index (χ1n) is 3.86. The van der Waals surface area contributed by atoms with Crippen LogP contribution in [0.1, 0.15) is 6.92 Å². The van der Waals surface area contributed by atoms with E-state index in [1.54, 1.807) is 0 Å². The molecule has 1 unspecified atom stereocenters. The number of carbonyl (C=O) groups excluding carboxylic acids is 1. The van der Waals surface area contributed by atoms with Gasteiger partial charge in [-0.3, -0.25) is 0 Å². The van der Waals surface area contributed by atoms with E-state index < -0.39 is 24.2 Å². The third-order valence-corrected chi connectivity index (χ3v) is 1.50. The molecule has 3 N–H and O–H groups in total. The molecular weight excluding hydrogens is 190 g/mol. The molecule has 0 heterocycles. The molecular formula is C8H13NO5. The average molecular weight is 203 g/mol. The van der Waals surface area contributed by atoms with Crippen molar-refractivity contribution >= 4 is 12.1 Å². The molecule has 14 heavy (non-hydrogen) atoms. The average Bonchev–Trinajstić information content (AvgIpc) is 2.14. The smallest absolute Gasteiger partial charge is 0.408 e. The molecule has 0 bridgehead atoms. The van der Waals surface area contributed by atoms with Crippen LogP contribution >= 0.6 is 0 Å². The Morgan fingerprint density at radius 1 is 1.64 bits per heavy atom. The number of amides is 1. The number of carboxylic acids is 1. The summed E-state index contributed by atoms with van der Waals surface area (Å²) in [5, 5.41) is 19.4. The van der Waals surface area contributed by atoms with Crippen molar-refractivity contribution in [3.63, 3.8) is 0 Å². The number of carbonyl (C=O) groups is 2. The van der Waals surface area contributed by atoms with E-state index in [1.807, 2.05) is 5.32 Å². The minimum absolute atomic E-state index is 0.0209. The fourth-order valence-electron chi connectivity index (χ4n) is 0.557. The van der Waals surface area contributed by atoms with E-state index >= 15 is 0 Å². The minimum Gasteiger partial charge on any atom is -0.479 e. The molecule has 0 saturated heterocycles. The number of aliphatic hydroxyl groups is 1. The lowest BCUT2D eigenvalue weighted by molar-refractivity contribution is -0.145. The molecule has 80 valence electrons. The number of carboxylic acid groups (broad SMARTS) is 1. The Morgan fingerprint density at radius 2 is 2.21 bits per heavy atom. The Bertz CT molecular complexity index is 240. The summed E-state index contributed by atoms with van der Waals surface area (Å²) in [4.78, 5) is 21.5. The zero-order valence-electron chi connectivity index (χ0n) is 7.82. The van der Waals surface area contributed by atoms with E-state index in [1.165, 1.54) is 13.0 Å². The van der Waals surface area contributed by atoms with E-state index in [0.29, 0.717) is 0 Å². The monoisotopic (exact) mass is 203 g/mol. The number of hydrogen-bond donors (Lipinski definition) is 3. The highest BCUT2D eigenvalue weighted by Gasteiger charge is 2.34. The van der Waals surface area contributed by atoms with Crippen LogP contribution in [-0.4, -0.2) is 41.0 Å². The molecule has 0 aromatic carbocycles. The molecule has 0 aromatic rings. The van der Waals surface area contributed by atoms with Gasteiger partial charge >= 0.3 is 12.1 Å². The van der Waals surface area contributed by atoms with Crippen molar-refractivity contribution in [1.82, 2.24) is 5.32 Å². The van der Waals surface area contributed by atoms with Gasteiger partial charge < -0.3 is 20.3 Å². The largest absolute Gasteiger partial charge is 0.479 e. The molecule has 0 aliphatic heterocycles. The second kappa shape index (κ2) is 5.23. The molecule has 0 aromatic heterocycles. The number of ether oxygens (including phenoxy) is 1. The second-order valence-corrected chi connectivity index (χ2v) is 2.81. The molecule has 0 aliphatic rings. The summed E-state index contributed by atoms with van der Waals surface area (Å²) in [5.74, 6) is -1.34. The van der Waals surface area contributed by atoms with Gasteiger partial charge in [-0.05, 0) is 6.92 Å². The molecule has 0 saturated carbocycles. The summed E-state index contributed by atoms with van der Waals surface area (Å²) >= 11 is 0. The first-order chi connectivity index (χ1) is 6.46. The normalized spacial score (nSPS) is 13.9. The van der Waals surface area contributed by atoms with Crippen molar-refractivity contribution in [2.45, 2.75) is 12.5 Å². The predicted molar refractivity (Wildman–Crippen MR) is 47.8 cm³/mol. The molecule has 0 rings (SSSR count). The van der Waals surface area contributed by atoms with Gasteiger partial charge in [0.05, 0.1) is 6.61 Å². The van der Waals surface area contributed by atoms with E-state index in [-0.39, 0.29) is 6.61 Å². The maximum absolute atomic E-state index is 10.9. The zero-order chi connectivity index (χ0) is 11.2. The molecule has 6 heteroatoms. The van der Waals surface area contributed by atoms with Crippen molar-refractivity contribution < 1.29 is 24.5 Å². The molecule has 0 radical (unpaired) electrons. The maximum atomic E-state index is 10.9. The summed E-state index contributed by atoms with van der Waals surface area (Å²) in [7, 11) is 0. The number of hydrogen-bond acceptors (Lipinski definition) is 4. The Labute approximate surface area is 81.2 Å². The van der Waals surface area contributed by atoms with Gasteiger partial charge in [0.1, 0.15) is 6.61 Å². The van der Waals surface area contributed by atoms with Gasteiger partial charge in [0.15, 0.2) is 5.54 Å². The lowest BCUT2D eigenvalue weighted by atomic mass is 10.1. The lowest BCUT2D eigenvalue weighted by Crippen LogP contribution is -2.55. The van der Waals surface area contributed by atoms with Crippen molar-refractivity contribution in [3.05, 3.63) is 12.7 Å². The van der Waals surface area contributed by atoms with Gasteiger partial charge in [0, 0.05) is 0 Å². The highest BCUT2D eigenvalue weighted by molar-refractivity contribution is 5.84. The summed E-state index contributed by atoms with van der Waals surface area (Å²) in [6, 6.07) is 0. The number of aliphatic carboxylic acids is 1. The fraction of sp³-hybridized carbons (Fsp3) is 0.500. The predicted octanol–water partition coefficient (Wildman–Crippen LogP) is -0.266. The topological polar surface area (TPSA) is 95.9 Å². The third kappa shape index (κ3) is 3.44. The molecule has 0 spiro atoms. The lowest BCUT2D eigenvalue weighted by Gasteiger charge is -2.22. The molecule has 1 amide bonds. The summed E-state index contributed by atoms with van der Waals surface area (Å²) in [6.07, 6.45) is 0.431. The Balaban J connectivity index is 4.24. The van der Waals surface area contributed by atoms with E-state index in [4.69, 9.17) is 10.2 Å². The SMILES string of the molecule is C=CCOC(=O)NC(C)(CO)C(=O)O. The van der Waals surface area contributed by atoms with Crippen LogP contribution in [0.15, 0.2) is 12.7 Å². The van der Waals surface area contributed by atoms with E-state index in [9.17, 15) is 9.59 Å². The Morgan fingerprint density at radius 3 is 2.57 bits per heavy atom. The number of alkyl carbamates (subject to hydrolysis) is 1. The Hall–Kier alpha value is -1.56. The third-order valence-electron chi connectivity index (χ3n) is 1.50. The van der Waals surface area contributed by atoms with Crippen LogP contribution in [0.25, 0.3) is 0 Å². The van der Waals surface area contributed by atoms with Gasteiger partial charge in [-0.2, -0.15) is 0 Å². The first kappa shape index (κ1) is 12.4. The highest BCUT2D eigenvalue weighted by atomic mass is 16.5. The molecule has 6 nitrogen and oxygen atoms in total. The van der Waals surface area contributed by atoms with Gasteiger partial charge in [-0.25, -0.2) is 9.59 Å².